The second-order valence-corrected chi connectivity index (χ2v) is 17.1. The van der Waals surface area contributed by atoms with Gasteiger partial charge in [0.1, 0.15) is 10.1 Å². The summed E-state index contributed by atoms with van der Waals surface area (Å²) in [7, 11) is -4.90. The zero-order chi connectivity index (χ0) is 39.3. The molecule has 0 fully saturated rings. The Hall–Kier alpha value is -4.23. The van der Waals surface area contributed by atoms with Crippen LogP contribution in [0.1, 0.15) is 100 Å². The molecule has 5 rings (SSSR count). The number of halogens is 1. The third-order valence-electron chi connectivity index (χ3n) is 10.9. The minimum atomic E-state index is -4.90. The maximum absolute atomic E-state index is 13.0. The van der Waals surface area contributed by atoms with Crippen molar-refractivity contribution in [2.24, 2.45) is 5.92 Å². The molecule has 0 amide bonds. The van der Waals surface area contributed by atoms with E-state index in [-0.39, 0.29) is 27.3 Å². The molecule has 53 heavy (non-hydrogen) atoms. The number of nitrogens with one attached hydrogen (secondary N) is 2. The van der Waals surface area contributed by atoms with Gasteiger partial charge in [0, 0.05) is 44.7 Å². The van der Waals surface area contributed by atoms with Crippen molar-refractivity contribution in [3.63, 3.8) is 0 Å². The highest BCUT2D eigenvalue weighted by molar-refractivity contribution is 7.85. The molecule has 0 aliphatic heterocycles. The molecule has 0 atom stereocenters. The summed E-state index contributed by atoms with van der Waals surface area (Å²) in [5, 5.41) is 3.95. The molecule has 4 aromatic carbocycles. The highest BCUT2D eigenvalue weighted by Crippen LogP contribution is 2.42. The lowest BCUT2D eigenvalue weighted by Gasteiger charge is -2.24. The van der Waals surface area contributed by atoms with Crippen LogP contribution >= 0.6 is 11.6 Å². The van der Waals surface area contributed by atoms with Crippen molar-refractivity contribution in [1.82, 2.24) is 0 Å². The van der Waals surface area contributed by atoms with Crippen molar-refractivity contribution in [1.29, 1.82) is 0 Å². The Kier molecular flexibility index (Phi) is 11.5. The Balaban J connectivity index is 1.82. The van der Waals surface area contributed by atoms with Crippen LogP contribution < -0.4 is 10.3 Å². The van der Waals surface area contributed by atoms with Gasteiger partial charge in [-0.05, 0) is 178 Å². The molecule has 0 saturated heterocycles. The van der Waals surface area contributed by atoms with Gasteiger partial charge in [0.2, 0.25) is 11.4 Å². The monoisotopic (exact) mass is 748 g/mol. The Labute approximate surface area is 322 Å². The summed E-state index contributed by atoms with van der Waals surface area (Å²) in [6.07, 6.45) is 6.15. The number of rotatable bonds is 8. The van der Waals surface area contributed by atoms with E-state index >= 15 is 0 Å². The van der Waals surface area contributed by atoms with E-state index in [1.807, 2.05) is 12.1 Å². The van der Waals surface area contributed by atoms with Crippen LogP contribution in [0.2, 0.25) is 5.02 Å². The standard InChI is InChI=1S/C46H53ClN2O3S/c1-24(2)37-22-35(14-16-40(37)48-45-29(8)20-27(6)31(10)33(45)12)43(44-39(47)18-26(5)19-42(44)53(50,51)52)36-15-17-41(38(23-36)25(3)4)49-46-30(9)21-28(7)32(11)34(46)13/h14-25,48H,1-13H3,(H,50,51,52). The van der Waals surface area contributed by atoms with Crippen molar-refractivity contribution >= 4 is 50.1 Å². The number of benzene rings is 4. The lowest BCUT2D eigenvalue weighted by molar-refractivity contribution is -0.353. The number of hydrogen-bond acceptors (Lipinski definition) is 4. The third-order valence-corrected chi connectivity index (χ3v) is 12.0. The van der Waals surface area contributed by atoms with Crippen molar-refractivity contribution in [2.45, 2.75) is 101 Å². The molecule has 0 unspecified atom stereocenters. The Morgan fingerprint density at radius 2 is 1.36 bits per heavy atom. The number of allylic oxidation sites excluding steroid dienone is 5. The van der Waals surface area contributed by atoms with Crippen LogP contribution in [0.3, 0.4) is 0 Å². The zero-order valence-corrected chi connectivity index (χ0v) is 35.0. The first kappa shape index (κ1) is 40.0. The predicted molar refractivity (Wildman–Crippen MR) is 222 cm³/mol. The lowest BCUT2D eigenvalue weighted by Crippen LogP contribution is -2.67. The summed E-state index contributed by atoms with van der Waals surface area (Å²) in [5.74, 6) is 0.230. The van der Waals surface area contributed by atoms with Crippen LogP contribution in [0.15, 0.2) is 76.7 Å². The minimum Gasteiger partial charge on any atom is -0.744 e. The maximum Gasteiger partial charge on any atom is 0.210 e. The third kappa shape index (κ3) is 8.01. The number of anilines is 2. The van der Waals surface area contributed by atoms with Crippen molar-refractivity contribution < 1.29 is 18.0 Å². The highest BCUT2D eigenvalue weighted by Gasteiger charge is 2.27. The first-order valence-electron chi connectivity index (χ1n) is 18.3. The molecule has 0 radical (unpaired) electrons. The van der Waals surface area contributed by atoms with E-state index in [1.165, 1.54) is 39.4 Å². The molecule has 278 valence electrons. The van der Waals surface area contributed by atoms with E-state index in [1.54, 1.807) is 13.0 Å². The molecule has 5 nitrogen and oxygen atoms in total. The quantitative estimate of drug-likeness (QED) is 0.176. The first-order valence-corrected chi connectivity index (χ1v) is 20.1. The molecular weight excluding hydrogens is 696 g/mol. The lowest BCUT2D eigenvalue weighted by atomic mass is 9.84. The molecular formula is C46H53ClN2O3S. The van der Waals surface area contributed by atoms with Crippen LogP contribution in [-0.4, -0.2) is 18.7 Å². The van der Waals surface area contributed by atoms with Gasteiger partial charge in [-0.1, -0.05) is 51.4 Å². The second kappa shape index (κ2) is 15.3. The molecule has 0 aromatic heterocycles. The average molecular weight is 749 g/mol. The van der Waals surface area contributed by atoms with Crippen molar-refractivity contribution in [3.05, 3.63) is 144 Å². The van der Waals surface area contributed by atoms with Gasteiger partial charge >= 0.3 is 0 Å². The Morgan fingerprint density at radius 3 is 1.96 bits per heavy atom. The van der Waals surface area contributed by atoms with E-state index in [0.29, 0.717) is 11.1 Å². The summed E-state index contributed by atoms with van der Waals surface area (Å²) >= 11 is 6.99. The summed E-state index contributed by atoms with van der Waals surface area (Å²) in [6, 6.07) is 13.7. The highest BCUT2D eigenvalue weighted by atomic mass is 35.5. The van der Waals surface area contributed by atoms with Crippen LogP contribution in [0.25, 0.3) is 5.57 Å². The maximum atomic E-state index is 13.0. The van der Waals surface area contributed by atoms with Gasteiger partial charge in [0.15, 0.2) is 0 Å². The van der Waals surface area contributed by atoms with Crippen LogP contribution in [0, 0.1) is 68.2 Å². The van der Waals surface area contributed by atoms with Crippen LogP contribution in [-0.2, 0) is 10.1 Å². The van der Waals surface area contributed by atoms with Gasteiger partial charge in [-0.3, -0.25) is 0 Å². The minimum absolute atomic E-state index is 0.115. The molecule has 4 aromatic rings. The van der Waals surface area contributed by atoms with E-state index in [0.717, 1.165) is 56.2 Å². The Bertz CT molecular complexity index is 2390. The summed E-state index contributed by atoms with van der Waals surface area (Å²) in [6.45, 7) is 27.4. The summed E-state index contributed by atoms with van der Waals surface area (Å²) in [5.41, 5.74) is 18.8. The fraction of sp³-hybridized carbons (Fsp3) is 0.326. The molecule has 0 heterocycles. The molecule has 2 N–H and O–H groups in total. The van der Waals surface area contributed by atoms with Gasteiger partial charge in [-0.25, -0.2) is 13.4 Å². The molecule has 0 bridgehead atoms. The van der Waals surface area contributed by atoms with Crippen molar-refractivity contribution in [2.75, 3.05) is 5.32 Å². The topological polar surface area (TPSA) is 83.2 Å². The molecule has 1 aliphatic rings. The van der Waals surface area contributed by atoms with E-state index in [4.69, 9.17) is 11.6 Å². The smallest absolute Gasteiger partial charge is 0.210 e. The van der Waals surface area contributed by atoms with Crippen molar-refractivity contribution in [3.8, 4) is 0 Å². The van der Waals surface area contributed by atoms with E-state index in [9.17, 15) is 13.0 Å². The van der Waals surface area contributed by atoms with Crippen LogP contribution in [0.4, 0.5) is 17.1 Å². The van der Waals surface area contributed by atoms with E-state index < -0.39 is 10.1 Å². The van der Waals surface area contributed by atoms with Gasteiger partial charge < -0.3 is 9.87 Å². The predicted octanol–water partition coefficient (Wildman–Crippen LogP) is 10.7. The first-order chi connectivity index (χ1) is 24.7. The fourth-order valence-electron chi connectivity index (χ4n) is 7.45. The average Bonchev–Trinajstić information content (AvgIpc) is 3.07. The molecule has 1 aliphatic carbocycles. The number of hydrogen-bond donors (Lipinski definition) is 2. The van der Waals surface area contributed by atoms with Crippen LogP contribution in [0.5, 0.6) is 0 Å². The summed E-state index contributed by atoms with van der Waals surface area (Å²) in [4.78, 5) is 3.41. The molecule has 0 spiro atoms. The van der Waals surface area contributed by atoms with Gasteiger partial charge in [-0.2, -0.15) is 0 Å². The van der Waals surface area contributed by atoms with Gasteiger partial charge in [0.05, 0.1) is 4.90 Å². The zero-order valence-electron chi connectivity index (χ0n) is 33.4. The van der Waals surface area contributed by atoms with Gasteiger partial charge in [0.25, 0.3) is 0 Å². The van der Waals surface area contributed by atoms with Gasteiger partial charge in [-0.15, -0.1) is 0 Å². The Morgan fingerprint density at radius 1 is 0.736 bits per heavy atom. The van der Waals surface area contributed by atoms with E-state index in [2.05, 4.69) is 130 Å². The largest absolute Gasteiger partial charge is 0.744 e. The molecule has 0 saturated carbocycles. The number of aryl methyl sites for hydroxylation is 5. The normalized spacial score (nSPS) is 15.1. The summed E-state index contributed by atoms with van der Waals surface area (Å²) < 4.78 is 38.9. The SMILES string of the molecule is Cc1cc(Cl)c(C(=C2C=CC(=[NH+]c3c(C)cc(C)c(C)c3C)C(C(C)C)=C2)c2ccc(Nc3c(C)cc(C)c(C)c3C)c(C(C)C)c2)c(S(=O)(=O)[O-])c1. The fourth-order valence-corrected chi connectivity index (χ4v) is 8.66. The molecule has 7 heteroatoms. The second-order valence-electron chi connectivity index (χ2n) is 15.4.